The number of carbonyl (C=O) groups is 1. The highest BCUT2D eigenvalue weighted by Crippen LogP contribution is 2.24. The van der Waals surface area contributed by atoms with Gasteiger partial charge in [0.15, 0.2) is 0 Å². The van der Waals surface area contributed by atoms with Gasteiger partial charge in [0.05, 0.1) is 11.3 Å². The fourth-order valence-corrected chi connectivity index (χ4v) is 1.78. The number of aromatic nitrogens is 3. The lowest BCUT2D eigenvalue weighted by atomic mass is 10.1. The molecule has 0 fully saturated rings. The second-order valence-corrected chi connectivity index (χ2v) is 4.06. The van der Waals surface area contributed by atoms with Gasteiger partial charge in [-0.15, -0.1) is 0 Å². The van der Waals surface area contributed by atoms with Crippen molar-refractivity contribution in [2.45, 2.75) is 6.92 Å². The monoisotopic (exact) mass is 281 g/mol. The molecule has 1 aromatic carbocycles. The fraction of sp³-hybridized carbons (Fsp3) is 0.100. The highest BCUT2D eigenvalue weighted by atomic mass is 79.9. The van der Waals surface area contributed by atoms with Crippen molar-refractivity contribution in [3.63, 3.8) is 0 Å². The number of carboxylic acids is 1. The van der Waals surface area contributed by atoms with Crippen molar-refractivity contribution in [3.05, 3.63) is 40.4 Å². The zero-order chi connectivity index (χ0) is 11.7. The van der Waals surface area contributed by atoms with Crippen molar-refractivity contribution < 1.29 is 9.90 Å². The molecule has 82 valence electrons. The second kappa shape index (κ2) is 4.05. The van der Waals surface area contributed by atoms with Crippen molar-refractivity contribution in [1.29, 1.82) is 0 Å². The predicted molar refractivity (Wildman–Crippen MR) is 60.8 cm³/mol. The molecule has 16 heavy (non-hydrogen) atoms. The summed E-state index contributed by atoms with van der Waals surface area (Å²) in [5.41, 5.74) is 1.73. The number of hydrogen-bond acceptors (Lipinski definition) is 3. The van der Waals surface area contributed by atoms with Crippen molar-refractivity contribution in [2.24, 2.45) is 0 Å². The molecular weight excluding hydrogens is 274 g/mol. The lowest BCUT2D eigenvalue weighted by molar-refractivity contribution is 0.0695. The lowest BCUT2D eigenvalue weighted by Gasteiger charge is -2.07. The van der Waals surface area contributed by atoms with E-state index >= 15 is 0 Å². The van der Waals surface area contributed by atoms with E-state index in [-0.39, 0.29) is 5.56 Å². The molecule has 2 aromatic rings. The third-order valence-electron chi connectivity index (χ3n) is 2.15. The van der Waals surface area contributed by atoms with E-state index in [4.69, 9.17) is 5.11 Å². The molecule has 0 bridgehead atoms. The minimum atomic E-state index is -0.975. The Labute approximate surface area is 99.9 Å². The van der Waals surface area contributed by atoms with Crippen LogP contribution in [0.2, 0.25) is 0 Å². The minimum absolute atomic E-state index is 0.213. The second-order valence-electron chi connectivity index (χ2n) is 3.27. The first-order chi connectivity index (χ1) is 7.59. The van der Waals surface area contributed by atoms with E-state index in [2.05, 4.69) is 26.0 Å². The highest BCUT2D eigenvalue weighted by Gasteiger charge is 2.13. The van der Waals surface area contributed by atoms with Crippen molar-refractivity contribution in [1.82, 2.24) is 14.8 Å². The van der Waals surface area contributed by atoms with E-state index in [1.54, 1.807) is 6.07 Å². The molecule has 0 amide bonds. The molecule has 1 N–H and O–H groups in total. The predicted octanol–water partition coefficient (Wildman–Crippen LogP) is 2.04. The van der Waals surface area contributed by atoms with Gasteiger partial charge in [-0.1, -0.05) is 0 Å². The van der Waals surface area contributed by atoms with Crippen LogP contribution in [0.5, 0.6) is 0 Å². The zero-order valence-corrected chi connectivity index (χ0v) is 9.97. The van der Waals surface area contributed by atoms with E-state index in [9.17, 15) is 4.79 Å². The summed E-state index contributed by atoms with van der Waals surface area (Å²) in [4.78, 5) is 14.8. The van der Waals surface area contributed by atoms with Crippen LogP contribution in [0.25, 0.3) is 5.69 Å². The van der Waals surface area contributed by atoms with Crippen molar-refractivity contribution in [3.8, 4) is 5.69 Å². The summed E-state index contributed by atoms with van der Waals surface area (Å²) in [5, 5.41) is 13.0. The Morgan fingerprint density at radius 2 is 2.25 bits per heavy atom. The van der Waals surface area contributed by atoms with Crippen molar-refractivity contribution in [2.75, 3.05) is 0 Å². The smallest absolute Gasteiger partial charge is 0.336 e. The fourth-order valence-electron chi connectivity index (χ4n) is 1.38. The number of halogens is 1. The average Bonchev–Trinajstić information content (AvgIpc) is 2.74. The molecule has 0 unspecified atom stereocenters. The summed E-state index contributed by atoms with van der Waals surface area (Å²) in [6.07, 6.45) is 2.92. The Hall–Kier alpha value is -1.69. The Morgan fingerprint density at radius 3 is 2.81 bits per heavy atom. The Morgan fingerprint density at radius 1 is 1.50 bits per heavy atom. The van der Waals surface area contributed by atoms with Crippen LogP contribution in [0.3, 0.4) is 0 Å². The molecule has 5 nitrogen and oxygen atoms in total. The molecule has 0 radical (unpaired) electrons. The topological polar surface area (TPSA) is 68.0 Å². The maximum atomic E-state index is 11.0. The number of aryl methyl sites for hydroxylation is 1. The van der Waals surface area contributed by atoms with Crippen LogP contribution in [0.1, 0.15) is 15.9 Å². The summed E-state index contributed by atoms with van der Waals surface area (Å²) >= 11 is 3.25. The van der Waals surface area contributed by atoms with Gasteiger partial charge in [-0.05, 0) is 40.5 Å². The van der Waals surface area contributed by atoms with Gasteiger partial charge in [0, 0.05) is 4.47 Å². The van der Waals surface area contributed by atoms with Crippen LogP contribution in [0.15, 0.2) is 29.3 Å². The SMILES string of the molecule is Cc1cc(-n2cncn2)cc(C(=O)O)c1Br. The van der Waals surface area contributed by atoms with E-state index < -0.39 is 5.97 Å². The third-order valence-corrected chi connectivity index (χ3v) is 3.21. The standard InChI is InChI=1S/C10H8BrN3O2/c1-6-2-7(14-5-12-4-13-14)3-8(9(6)11)10(15)16/h2-5H,1H3,(H,15,16). The van der Waals surface area contributed by atoms with Gasteiger partial charge in [0.1, 0.15) is 12.7 Å². The normalized spacial score (nSPS) is 10.4. The molecule has 0 aliphatic heterocycles. The number of aromatic carboxylic acids is 1. The Balaban J connectivity index is 2.62. The maximum absolute atomic E-state index is 11.0. The molecule has 1 heterocycles. The molecule has 6 heteroatoms. The average molecular weight is 282 g/mol. The first-order valence-electron chi connectivity index (χ1n) is 4.48. The van der Waals surface area contributed by atoms with Crippen LogP contribution in [0.4, 0.5) is 0 Å². The quantitative estimate of drug-likeness (QED) is 0.915. The first-order valence-corrected chi connectivity index (χ1v) is 5.27. The molecule has 2 rings (SSSR count). The number of benzene rings is 1. The van der Waals surface area contributed by atoms with E-state index in [1.165, 1.54) is 17.3 Å². The number of hydrogen-bond donors (Lipinski definition) is 1. The van der Waals surface area contributed by atoms with Crippen LogP contribution < -0.4 is 0 Å². The zero-order valence-electron chi connectivity index (χ0n) is 8.38. The third kappa shape index (κ3) is 1.83. The molecule has 0 saturated carbocycles. The highest BCUT2D eigenvalue weighted by molar-refractivity contribution is 9.10. The van der Waals surface area contributed by atoms with Gasteiger partial charge < -0.3 is 5.11 Å². The van der Waals surface area contributed by atoms with Gasteiger partial charge >= 0.3 is 5.97 Å². The number of nitrogens with zero attached hydrogens (tertiary/aromatic N) is 3. The van der Waals surface area contributed by atoms with Crippen LogP contribution in [-0.4, -0.2) is 25.8 Å². The molecule has 0 saturated heterocycles. The van der Waals surface area contributed by atoms with Gasteiger partial charge in [-0.25, -0.2) is 14.5 Å². The lowest BCUT2D eigenvalue weighted by Crippen LogP contribution is -2.03. The minimum Gasteiger partial charge on any atom is -0.478 e. The Bertz CT molecular complexity index is 537. The molecule has 0 aliphatic carbocycles. The molecule has 0 atom stereocenters. The maximum Gasteiger partial charge on any atom is 0.336 e. The van der Waals surface area contributed by atoms with Gasteiger partial charge in [-0.2, -0.15) is 5.10 Å². The van der Waals surface area contributed by atoms with Crippen LogP contribution in [0, 0.1) is 6.92 Å². The number of carboxylic acid groups (broad SMARTS) is 1. The summed E-state index contributed by atoms with van der Waals surface area (Å²) in [6.45, 7) is 1.83. The summed E-state index contributed by atoms with van der Waals surface area (Å²) in [5.74, 6) is -0.975. The molecule has 0 spiro atoms. The van der Waals surface area contributed by atoms with Crippen LogP contribution >= 0.6 is 15.9 Å². The van der Waals surface area contributed by atoms with Crippen molar-refractivity contribution >= 4 is 21.9 Å². The Kier molecular flexibility index (Phi) is 2.74. The molecule has 1 aromatic heterocycles. The van der Waals surface area contributed by atoms with Crippen LogP contribution in [-0.2, 0) is 0 Å². The summed E-state index contributed by atoms with van der Waals surface area (Å²) in [7, 11) is 0. The number of rotatable bonds is 2. The van der Waals surface area contributed by atoms with Gasteiger partial charge in [0.2, 0.25) is 0 Å². The van der Waals surface area contributed by atoms with Gasteiger partial charge in [-0.3, -0.25) is 0 Å². The molecule has 0 aliphatic rings. The summed E-state index contributed by atoms with van der Waals surface area (Å²) < 4.78 is 2.11. The van der Waals surface area contributed by atoms with Gasteiger partial charge in [0.25, 0.3) is 0 Å². The summed E-state index contributed by atoms with van der Waals surface area (Å²) in [6, 6.07) is 3.39. The van der Waals surface area contributed by atoms with E-state index in [0.717, 1.165) is 5.56 Å². The van der Waals surface area contributed by atoms with E-state index in [0.29, 0.717) is 10.2 Å². The first kappa shape index (κ1) is 10.8. The van der Waals surface area contributed by atoms with E-state index in [1.807, 2.05) is 13.0 Å². The molecular formula is C10H8BrN3O2. The largest absolute Gasteiger partial charge is 0.478 e.